The lowest BCUT2D eigenvalue weighted by Gasteiger charge is -2.44. The molecule has 0 unspecified atom stereocenters. The maximum Gasteiger partial charge on any atom is 0.332 e. The fraction of sp³-hybridized carbons (Fsp3) is 0.450. The van der Waals surface area contributed by atoms with Crippen molar-refractivity contribution in [1.29, 1.82) is 0 Å². The van der Waals surface area contributed by atoms with E-state index in [1.165, 1.54) is 17.7 Å². The lowest BCUT2D eigenvalue weighted by Crippen LogP contribution is -2.52. The molecular weight excluding hydrogens is 362 g/mol. The highest BCUT2D eigenvalue weighted by molar-refractivity contribution is 6.00. The fourth-order valence-corrected chi connectivity index (χ4v) is 4.05. The molecule has 28 heavy (non-hydrogen) atoms. The second kappa shape index (κ2) is 6.54. The van der Waals surface area contributed by atoms with Gasteiger partial charge < -0.3 is 14.4 Å². The summed E-state index contributed by atoms with van der Waals surface area (Å²) in [4.78, 5) is 39.0. The molecule has 0 aliphatic carbocycles. The summed E-state index contributed by atoms with van der Waals surface area (Å²) in [7, 11) is 4.69. The van der Waals surface area contributed by atoms with Crippen LogP contribution in [0.15, 0.2) is 33.9 Å². The molecule has 8 nitrogen and oxygen atoms in total. The van der Waals surface area contributed by atoms with E-state index >= 15 is 0 Å². The molecule has 0 amide bonds. The normalized spacial score (nSPS) is 18.0. The number of hydrogen-bond donors (Lipinski definition) is 0. The van der Waals surface area contributed by atoms with E-state index in [0.29, 0.717) is 55.2 Å². The van der Waals surface area contributed by atoms with Crippen molar-refractivity contribution in [2.24, 2.45) is 14.1 Å². The molecule has 1 aromatic carbocycles. The molecule has 2 aliphatic heterocycles. The molecule has 0 radical (unpaired) electrons. The molecule has 4 rings (SSSR count). The third-order valence-electron chi connectivity index (χ3n) is 5.80. The summed E-state index contributed by atoms with van der Waals surface area (Å²) < 4.78 is 14.0. The van der Waals surface area contributed by atoms with Gasteiger partial charge in [0.05, 0.1) is 19.1 Å². The Labute approximate surface area is 161 Å². The predicted octanol–water partition coefficient (Wildman–Crippen LogP) is 1.10. The molecule has 1 spiro atoms. The smallest absolute Gasteiger partial charge is 0.332 e. The van der Waals surface area contributed by atoms with Crippen LogP contribution < -0.4 is 25.6 Å². The van der Waals surface area contributed by atoms with Gasteiger partial charge in [-0.15, -0.1) is 0 Å². The highest BCUT2D eigenvalue weighted by Crippen LogP contribution is 2.40. The number of Topliss-reactive ketones (excluding diaryl/α,β-unsaturated/α-hetero) is 1. The minimum atomic E-state index is -0.548. The number of fused-ring (bicyclic) bond motifs is 1. The topological polar surface area (TPSA) is 82.8 Å². The first kappa shape index (κ1) is 18.3. The van der Waals surface area contributed by atoms with Crippen LogP contribution >= 0.6 is 0 Å². The highest BCUT2D eigenvalue weighted by atomic mass is 16.5. The Morgan fingerprint density at radius 2 is 1.75 bits per heavy atom. The van der Waals surface area contributed by atoms with E-state index in [2.05, 4.69) is 0 Å². The Hall–Kier alpha value is -3.03. The molecule has 1 saturated heterocycles. The first-order valence-corrected chi connectivity index (χ1v) is 9.26. The number of anilines is 1. The SMILES string of the molecule is COc1ccc2c(c1)C(=O)CC1(CCN(c3cc(=O)n(C)c(=O)n3C)CC1)O2. The summed E-state index contributed by atoms with van der Waals surface area (Å²) in [6.45, 7) is 1.19. The van der Waals surface area contributed by atoms with Crippen LogP contribution in [0.4, 0.5) is 5.82 Å². The minimum absolute atomic E-state index is 0.0505. The zero-order valence-electron chi connectivity index (χ0n) is 16.2. The number of rotatable bonds is 2. The van der Waals surface area contributed by atoms with Crippen molar-refractivity contribution >= 4 is 11.6 Å². The van der Waals surface area contributed by atoms with Gasteiger partial charge in [-0.25, -0.2) is 4.79 Å². The van der Waals surface area contributed by atoms with Crippen molar-refractivity contribution in [3.8, 4) is 11.5 Å². The van der Waals surface area contributed by atoms with Gasteiger partial charge in [-0.2, -0.15) is 0 Å². The molecular formula is C20H23N3O5. The van der Waals surface area contributed by atoms with Crippen molar-refractivity contribution in [2.45, 2.75) is 24.9 Å². The first-order valence-electron chi connectivity index (χ1n) is 9.26. The van der Waals surface area contributed by atoms with E-state index in [9.17, 15) is 14.4 Å². The van der Waals surface area contributed by atoms with Gasteiger partial charge in [0.2, 0.25) is 0 Å². The number of carbonyl (C=O) groups is 1. The van der Waals surface area contributed by atoms with Crippen LogP contribution in [0, 0.1) is 0 Å². The molecule has 3 heterocycles. The van der Waals surface area contributed by atoms with Gasteiger partial charge in [-0.05, 0) is 18.2 Å². The molecule has 0 atom stereocenters. The quantitative estimate of drug-likeness (QED) is 0.770. The van der Waals surface area contributed by atoms with Crippen LogP contribution in [0.3, 0.4) is 0 Å². The highest BCUT2D eigenvalue weighted by Gasteiger charge is 2.43. The van der Waals surface area contributed by atoms with Crippen molar-refractivity contribution in [3.63, 3.8) is 0 Å². The maximum absolute atomic E-state index is 12.7. The Kier molecular flexibility index (Phi) is 4.28. The first-order chi connectivity index (χ1) is 13.3. The minimum Gasteiger partial charge on any atom is -0.497 e. The molecule has 1 fully saturated rings. The molecule has 1 aromatic heterocycles. The molecule has 8 heteroatoms. The Balaban J connectivity index is 1.57. The van der Waals surface area contributed by atoms with E-state index in [1.54, 1.807) is 32.4 Å². The molecule has 0 saturated carbocycles. The van der Waals surface area contributed by atoms with E-state index in [0.717, 1.165) is 4.57 Å². The third kappa shape index (κ3) is 2.89. The zero-order valence-corrected chi connectivity index (χ0v) is 16.2. The summed E-state index contributed by atoms with van der Waals surface area (Å²) in [5, 5.41) is 0. The van der Waals surface area contributed by atoms with Gasteiger partial charge in [0.15, 0.2) is 5.78 Å². The lowest BCUT2D eigenvalue weighted by atomic mass is 9.82. The number of nitrogens with zero attached hydrogens (tertiary/aromatic N) is 3. The number of hydrogen-bond acceptors (Lipinski definition) is 6. The van der Waals surface area contributed by atoms with Crippen LogP contribution in [-0.2, 0) is 14.1 Å². The van der Waals surface area contributed by atoms with E-state index in [-0.39, 0.29) is 17.0 Å². The number of ether oxygens (including phenoxy) is 2. The van der Waals surface area contributed by atoms with Gasteiger partial charge in [0.25, 0.3) is 5.56 Å². The third-order valence-corrected chi connectivity index (χ3v) is 5.80. The summed E-state index contributed by atoms with van der Waals surface area (Å²) >= 11 is 0. The standard InChI is InChI=1S/C20H23N3O5/c1-21-17(11-18(25)22(2)19(21)26)23-8-6-20(7-9-23)12-15(24)14-10-13(27-3)4-5-16(14)28-20/h4-5,10-11H,6-9,12H2,1-3H3. The zero-order chi connectivity index (χ0) is 20.1. The van der Waals surface area contributed by atoms with Crippen molar-refractivity contribution in [2.75, 3.05) is 25.1 Å². The second-order valence-corrected chi connectivity index (χ2v) is 7.48. The molecule has 148 valence electrons. The number of benzene rings is 1. The van der Waals surface area contributed by atoms with Gasteiger partial charge in [0, 0.05) is 46.1 Å². The second-order valence-electron chi connectivity index (χ2n) is 7.48. The van der Waals surface area contributed by atoms with Crippen LogP contribution in [0.1, 0.15) is 29.6 Å². The van der Waals surface area contributed by atoms with Gasteiger partial charge in [-0.3, -0.25) is 18.7 Å². The van der Waals surface area contributed by atoms with E-state index < -0.39 is 5.60 Å². The number of aromatic nitrogens is 2. The summed E-state index contributed by atoms with van der Waals surface area (Å²) in [5.41, 5.74) is -0.671. The van der Waals surface area contributed by atoms with Gasteiger partial charge >= 0.3 is 5.69 Å². The van der Waals surface area contributed by atoms with Crippen molar-refractivity contribution < 1.29 is 14.3 Å². The fourth-order valence-electron chi connectivity index (χ4n) is 4.05. The van der Waals surface area contributed by atoms with Crippen LogP contribution in [0.2, 0.25) is 0 Å². The van der Waals surface area contributed by atoms with Crippen LogP contribution in [-0.4, -0.2) is 40.7 Å². The number of ketones is 1. The largest absolute Gasteiger partial charge is 0.497 e. The Morgan fingerprint density at radius 3 is 2.43 bits per heavy atom. The average molecular weight is 385 g/mol. The van der Waals surface area contributed by atoms with Crippen molar-refractivity contribution in [3.05, 3.63) is 50.7 Å². The summed E-state index contributed by atoms with van der Waals surface area (Å²) in [5.74, 6) is 1.87. The van der Waals surface area contributed by atoms with Crippen LogP contribution in [0.25, 0.3) is 0 Å². The Morgan fingerprint density at radius 1 is 1.04 bits per heavy atom. The van der Waals surface area contributed by atoms with Crippen molar-refractivity contribution in [1.82, 2.24) is 9.13 Å². The Bertz CT molecular complexity index is 1060. The lowest BCUT2D eigenvalue weighted by molar-refractivity contribution is 0.0229. The molecule has 0 bridgehead atoms. The monoisotopic (exact) mass is 385 g/mol. The predicted molar refractivity (Wildman–Crippen MR) is 104 cm³/mol. The van der Waals surface area contributed by atoms with Gasteiger partial charge in [-0.1, -0.05) is 0 Å². The van der Waals surface area contributed by atoms with Gasteiger partial charge in [0.1, 0.15) is 22.9 Å². The summed E-state index contributed by atoms with van der Waals surface area (Å²) in [6, 6.07) is 6.77. The summed E-state index contributed by atoms with van der Waals surface area (Å²) in [6.07, 6.45) is 1.58. The average Bonchev–Trinajstić information content (AvgIpc) is 2.70. The number of carbonyl (C=O) groups excluding carboxylic acids is 1. The van der Waals surface area contributed by atoms with Crippen LogP contribution in [0.5, 0.6) is 11.5 Å². The van der Waals surface area contributed by atoms with E-state index in [4.69, 9.17) is 9.47 Å². The molecule has 2 aliphatic rings. The number of methoxy groups -OCH3 is 1. The van der Waals surface area contributed by atoms with E-state index in [1.807, 2.05) is 4.90 Å². The maximum atomic E-state index is 12.7. The molecule has 2 aromatic rings. The number of piperidine rings is 1. The molecule has 0 N–H and O–H groups in total.